The molecule has 0 saturated heterocycles. The predicted molar refractivity (Wildman–Crippen MR) is 40.4 cm³/mol. The molecule has 0 aliphatic heterocycles. The molecule has 0 rings (SSSR count). The minimum Gasteiger partial charge on any atom is -0.326 e. The van der Waals surface area contributed by atoms with Crippen molar-refractivity contribution in [3.8, 4) is 0 Å². The Morgan fingerprint density at radius 2 is 2.36 bits per heavy atom. The molecule has 5 heteroatoms. The summed E-state index contributed by atoms with van der Waals surface area (Å²) in [5.74, 6) is 0. The summed E-state index contributed by atoms with van der Waals surface area (Å²) >= 11 is 0. The molecule has 66 valence electrons. The van der Waals surface area contributed by atoms with Crippen LogP contribution in [-0.4, -0.2) is 17.7 Å². The summed E-state index contributed by atoms with van der Waals surface area (Å²) in [5.41, 5.74) is 5.48. The number of hydrogen-bond donors (Lipinski definition) is 1. The van der Waals surface area contributed by atoms with Crippen molar-refractivity contribution in [2.75, 3.05) is 6.61 Å². The van der Waals surface area contributed by atoms with Crippen LogP contribution < -0.4 is 5.73 Å². The Bertz CT molecular complexity index is 118. The summed E-state index contributed by atoms with van der Waals surface area (Å²) in [7, 11) is 0. The van der Waals surface area contributed by atoms with Crippen molar-refractivity contribution < 1.29 is 9.92 Å². The van der Waals surface area contributed by atoms with Gasteiger partial charge in [0, 0.05) is 6.04 Å². The maximum absolute atomic E-state index is 9.71. The van der Waals surface area contributed by atoms with E-state index in [1.54, 1.807) is 0 Å². The highest BCUT2D eigenvalue weighted by molar-refractivity contribution is 4.57. The minimum absolute atomic E-state index is 0.00694. The van der Waals surface area contributed by atoms with Crippen molar-refractivity contribution >= 4 is 0 Å². The fourth-order valence-electron chi connectivity index (χ4n) is 0.706. The Kier molecular flexibility index (Phi) is 5.46. The normalized spacial score (nSPS) is 12.5. The Balaban J connectivity index is 3.22. The van der Waals surface area contributed by atoms with Gasteiger partial charge in [0.15, 0.2) is 0 Å². The molecule has 1 atom stereocenters. The first kappa shape index (κ1) is 10.2. The number of unbranched alkanes of at least 4 members (excludes halogenated alkanes) is 1. The van der Waals surface area contributed by atoms with Gasteiger partial charge in [-0.3, -0.25) is 0 Å². The van der Waals surface area contributed by atoms with Crippen LogP contribution in [0.3, 0.4) is 0 Å². The number of rotatable bonds is 6. The first-order valence-corrected chi connectivity index (χ1v) is 3.69. The molecule has 0 bridgehead atoms. The average Bonchev–Trinajstić information content (AvgIpc) is 1.97. The van der Waals surface area contributed by atoms with Gasteiger partial charge in [0.05, 0.1) is 0 Å². The summed E-state index contributed by atoms with van der Waals surface area (Å²) in [5, 5.41) is 8.89. The van der Waals surface area contributed by atoms with Crippen LogP contribution in [0.15, 0.2) is 0 Å². The second-order valence-electron chi connectivity index (χ2n) is 2.42. The molecule has 0 amide bonds. The summed E-state index contributed by atoms with van der Waals surface area (Å²) in [6, 6.07) is -0.208. The van der Waals surface area contributed by atoms with Gasteiger partial charge in [-0.25, -0.2) is 0 Å². The van der Waals surface area contributed by atoms with Crippen LogP contribution in [0.5, 0.6) is 0 Å². The quantitative estimate of drug-likeness (QED) is 0.461. The van der Waals surface area contributed by atoms with Crippen molar-refractivity contribution in [2.45, 2.75) is 32.2 Å². The molecule has 0 saturated carbocycles. The van der Waals surface area contributed by atoms with Gasteiger partial charge in [-0.05, 0) is 6.42 Å². The van der Waals surface area contributed by atoms with E-state index in [-0.39, 0.29) is 12.6 Å². The molecule has 2 N–H and O–H groups in total. The van der Waals surface area contributed by atoms with Gasteiger partial charge >= 0.3 is 0 Å². The first-order valence-electron chi connectivity index (χ1n) is 3.69. The van der Waals surface area contributed by atoms with Crippen LogP contribution in [-0.2, 0) is 4.84 Å². The number of nitrogens with two attached hydrogens (primary N) is 1. The fraction of sp³-hybridized carbons (Fsp3) is 1.00. The summed E-state index contributed by atoms with van der Waals surface area (Å²) in [6.07, 6.45) is 2.82. The molecule has 0 aliphatic rings. The standard InChI is InChI=1S/C6H14N2O3/c1-2-3-4-6(7)5-11-8(9)10/h6H,2-5,7H2,1H3. The Hall–Kier alpha value is -0.840. The topological polar surface area (TPSA) is 78.4 Å². The molecule has 1 unspecified atom stereocenters. The predicted octanol–water partition coefficient (Wildman–Crippen LogP) is 0.712. The summed E-state index contributed by atoms with van der Waals surface area (Å²) in [6.45, 7) is 2.05. The maximum Gasteiger partial charge on any atom is 0.294 e. The molecule has 0 aromatic rings. The van der Waals surface area contributed by atoms with Crippen molar-refractivity contribution in [1.29, 1.82) is 0 Å². The smallest absolute Gasteiger partial charge is 0.294 e. The van der Waals surface area contributed by atoms with Gasteiger partial charge in [0.1, 0.15) is 6.61 Å². The van der Waals surface area contributed by atoms with Gasteiger partial charge in [-0.2, -0.15) is 0 Å². The van der Waals surface area contributed by atoms with E-state index in [9.17, 15) is 10.1 Å². The van der Waals surface area contributed by atoms with Crippen LogP contribution in [0.4, 0.5) is 0 Å². The van der Waals surface area contributed by atoms with E-state index in [0.29, 0.717) is 0 Å². The van der Waals surface area contributed by atoms with Crippen LogP contribution >= 0.6 is 0 Å². The number of nitrogens with zero attached hydrogens (tertiary/aromatic N) is 1. The Morgan fingerprint density at radius 1 is 1.73 bits per heavy atom. The zero-order chi connectivity index (χ0) is 8.69. The maximum atomic E-state index is 9.71. The van der Waals surface area contributed by atoms with E-state index in [2.05, 4.69) is 4.84 Å². The molecule has 0 aliphatic carbocycles. The molecule has 0 spiro atoms. The van der Waals surface area contributed by atoms with Crippen LogP contribution in [0, 0.1) is 10.1 Å². The Morgan fingerprint density at radius 3 is 2.82 bits per heavy atom. The van der Waals surface area contributed by atoms with Crippen molar-refractivity contribution in [1.82, 2.24) is 0 Å². The summed E-state index contributed by atoms with van der Waals surface area (Å²) < 4.78 is 0. The molecule has 0 radical (unpaired) electrons. The molecule has 0 aromatic heterocycles. The highest BCUT2D eigenvalue weighted by Gasteiger charge is 2.03. The van der Waals surface area contributed by atoms with Gasteiger partial charge in [-0.1, -0.05) is 19.8 Å². The molecule has 5 nitrogen and oxygen atoms in total. The molecule has 0 heterocycles. The minimum atomic E-state index is -0.814. The lowest BCUT2D eigenvalue weighted by molar-refractivity contribution is -0.758. The molecular weight excluding hydrogens is 148 g/mol. The first-order chi connectivity index (χ1) is 5.16. The van der Waals surface area contributed by atoms with Gasteiger partial charge in [-0.15, -0.1) is 10.1 Å². The van der Waals surface area contributed by atoms with Gasteiger partial charge in [0.2, 0.25) is 0 Å². The highest BCUT2D eigenvalue weighted by atomic mass is 16.9. The van der Waals surface area contributed by atoms with E-state index < -0.39 is 5.09 Å². The van der Waals surface area contributed by atoms with E-state index in [1.807, 2.05) is 6.92 Å². The SMILES string of the molecule is CCCCC(N)CO[N+](=O)[O-]. The average molecular weight is 162 g/mol. The zero-order valence-electron chi connectivity index (χ0n) is 6.66. The van der Waals surface area contributed by atoms with E-state index in [1.165, 1.54) is 0 Å². The lowest BCUT2D eigenvalue weighted by Gasteiger charge is -2.07. The zero-order valence-corrected chi connectivity index (χ0v) is 6.66. The van der Waals surface area contributed by atoms with Crippen LogP contribution in [0.25, 0.3) is 0 Å². The molecular formula is C6H14N2O3. The van der Waals surface area contributed by atoms with Crippen molar-refractivity contribution in [3.05, 3.63) is 10.1 Å². The van der Waals surface area contributed by atoms with Crippen LogP contribution in [0.1, 0.15) is 26.2 Å². The van der Waals surface area contributed by atoms with Crippen LogP contribution in [0.2, 0.25) is 0 Å². The van der Waals surface area contributed by atoms with Gasteiger partial charge < -0.3 is 10.6 Å². The number of hydrogen-bond acceptors (Lipinski definition) is 4. The lowest BCUT2D eigenvalue weighted by atomic mass is 10.1. The van der Waals surface area contributed by atoms with E-state index in [0.717, 1.165) is 19.3 Å². The lowest BCUT2D eigenvalue weighted by Crippen LogP contribution is -2.27. The third-order valence-electron chi connectivity index (χ3n) is 1.32. The van der Waals surface area contributed by atoms with Crippen molar-refractivity contribution in [2.24, 2.45) is 5.73 Å². The summed E-state index contributed by atoms with van der Waals surface area (Å²) in [4.78, 5) is 13.8. The second kappa shape index (κ2) is 5.91. The molecule has 0 aromatic carbocycles. The van der Waals surface area contributed by atoms with E-state index >= 15 is 0 Å². The largest absolute Gasteiger partial charge is 0.326 e. The highest BCUT2D eigenvalue weighted by Crippen LogP contribution is 1.98. The Labute approximate surface area is 65.6 Å². The molecule has 11 heavy (non-hydrogen) atoms. The van der Waals surface area contributed by atoms with Crippen molar-refractivity contribution in [3.63, 3.8) is 0 Å². The fourth-order valence-corrected chi connectivity index (χ4v) is 0.706. The third-order valence-corrected chi connectivity index (χ3v) is 1.32. The third kappa shape index (κ3) is 7.05. The van der Waals surface area contributed by atoms with E-state index in [4.69, 9.17) is 5.73 Å². The monoisotopic (exact) mass is 162 g/mol. The van der Waals surface area contributed by atoms with Gasteiger partial charge in [0.25, 0.3) is 5.09 Å². The molecule has 0 fully saturated rings. The second-order valence-corrected chi connectivity index (χ2v) is 2.42.